The van der Waals surface area contributed by atoms with Crippen LogP contribution in [0.2, 0.25) is 0 Å². The number of nitrogens with one attached hydrogen (secondary N) is 1. The third-order valence-corrected chi connectivity index (χ3v) is 2.61. The van der Waals surface area contributed by atoms with Gasteiger partial charge >= 0.3 is 0 Å². The lowest BCUT2D eigenvalue weighted by molar-refractivity contribution is 0.0878. The van der Waals surface area contributed by atoms with Gasteiger partial charge in [0.05, 0.1) is 19.3 Å². The van der Waals surface area contributed by atoms with E-state index in [1.54, 1.807) is 31.4 Å². The van der Waals surface area contributed by atoms with Crippen LogP contribution in [-0.4, -0.2) is 44.0 Å². The topological polar surface area (TPSA) is 67.8 Å². The van der Waals surface area contributed by atoms with Crippen LogP contribution in [0.1, 0.15) is 23.7 Å². The van der Waals surface area contributed by atoms with Gasteiger partial charge in [-0.15, -0.1) is 0 Å². The van der Waals surface area contributed by atoms with E-state index < -0.39 is 0 Å². The number of benzene rings is 1. The van der Waals surface area contributed by atoms with E-state index in [9.17, 15) is 4.79 Å². The Morgan fingerprint density at radius 1 is 1.37 bits per heavy atom. The van der Waals surface area contributed by atoms with Gasteiger partial charge in [-0.05, 0) is 37.6 Å². The molecule has 1 atom stereocenters. The molecule has 1 rings (SSSR count). The maximum absolute atomic E-state index is 12.0. The van der Waals surface area contributed by atoms with Gasteiger partial charge in [-0.25, -0.2) is 0 Å². The first-order valence-corrected chi connectivity index (χ1v) is 6.34. The minimum atomic E-state index is -0.186. The molecule has 1 unspecified atom stereocenters. The molecule has 1 aromatic carbocycles. The Morgan fingerprint density at radius 2 is 2.05 bits per heavy atom. The van der Waals surface area contributed by atoms with Gasteiger partial charge in [-0.3, -0.25) is 4.79 Å². The van der Waals surface area contributed by atoms with Crippen molar-refractivity contribution in [1.29, 1.82) is 0 Å². The van der Waals surface area contributed by atoms with Crippen LogP contribution >= 0.6 is 0 Å². The van der Waals surface area contributed by atoms with Gasteiger partial charge in [0.2, 0.25) is 0 Å². The van der Waals surface area contributed by atoms with Crippen LogP contribution in [0.3, 0.4) is 0 Å². The summed E-state index contributed by atoms with van der Waals surface area (Å²) in [6, 6.07) is 6.76. The van der Waals surface area contributed by atoms with E-state index in [1.165, 1.54) is 0 Å². The van der Waals surface area contributed by atoms with E-state index in [0.717, 1.165) is 5.75 Å². The summed E-state index contributed by atoms with van der Waals surface area (Å²) in [6.07, 6.45) is 0.469. The second-order valence-electron chi connectivity index (χ2n) is 4.10. The Balaban J connectivity index is 2.60. The minimum Gasteiger partial charge on any atom is -0.494 e. The molecular formula is C14H21NO4. The van der Waals surface area contributed by atoms with Crippen LogP contribution in [-0.2, 0) is 4.74 Å². The summed E-state index contributed by atoms with van der Waals surface area (Å²) in [7, 11) is 1.56. The highest BCUT2D eigenvalue weighted by Crippen LogP contribution is 2.12. The third-order valence-electron chi connectivity index (χ3n) is 2.61. The Bertz CT molecular complexity index is 372. The van der Waals surface area contributed by atoms with Crippen molar-refractivity contribution in [2.45, 2.75) is 19.4 Å². The molecule has 0 bridgehead atoms. The molecule has 0 fully saturated rings. The van der Waals surface area contributed by atoms with Crippen LogP contribution in [0.15, 0.2) is 24.3 Å². The number of methoxy groups -OCH3 is 1. The molecule has 0 aliphatic carbocycles. The van der Waals surface area contributed by atoms with E-state index in [2.05, 4.69) is 5.32 Å². The molecule has 0 saturated heterocycles. The first-order valence-electron chi connectivity index (χ1n) is 6.34. The van der Waals surface area contributed by atoms with Crippen molar-refractivity contribution in [3.63, 3.8) is 0 Å². The van der Waals surface area contributed by atoms with Gasteiger partial charge in [0.25, 0.3) is 5.91 Å². The maximum atomic E-state index is 12.0. The molecule has 19 heavy (non-hydrogen) atoms. The smallest absolute Gasteiger partial charge is 0.251 e. The summed E-state index contributed by atoms with van der Waals surface area (Å²) in [4.78, 5) is 12.0. The monoisotopic (exact) mass is 267 g/mol. The van der Waals surface area contributed by atoms with Crippen molar-refractivity contribution < 1.29 is 19.4 Å². The van der Waals surface area contributed by atoms with Crippen molar-refractivity contribution in [3.8, 4) is 5.75 Å². The lowest BCUT2D eigenvalue weighted by Crippen LogP contribution is -2.38. The average Bonchev–Trinajstić information content (AvgIpc) is 2.40. The molecule has 106 valence electrons. The Morgan fingerprint density at radius 3 is 2.58 bits per heavy atom. The number of aliphatic hydroxyl groups excluding tert-OH is 1. The van der Waals surface area contributed by atoms with E-state index >= 15 is 0 Å². The average molecular weight is 267 g/mol. The van der Waals surface area contributed by atoms with Gasteiger partial charge in [-0.2, -0.15) is 0 Å². The summed E-state index contributed by atoms with van der Waals surface area (Å²) in [5.74, 6) is 0.557. The molecule has 0 aromatic heterocycles. The van der Waals surface area contributed by atoms with E-state index in [1.807, 2.05) is 6.92 Å². The fourth-order valence-corrected chi connectivity index (χ4v) is 1.69. The quantitative estimate of drug-likeness (QED) is 0.743. The van der Waals surface area contributed by atoms with Crippen LogP contribution in [0.4, 0.5) is 0 Å². The largest absolute Gasteiger partial charge is 0.494 e. The molecule has 0 saturated carbocycles. The summed E-state index contributed by atoms with van der Waals surface area (Å²) < 4.78 is 10.3. The number of carbonyl (C=O) groups is 1. The normalized spacial score (nSPS) is 11.9. The van der Waals surface area contributed by atoms with Crippen molar-refractivity contribution in [2.24, 2.45) is 0 Å². The number of amides is 1. The highest BCUT2D eigenvalue weighted by Gasteiger charge is 2.13. The van der Waals surface area contributed by atoms with Crippen LogP contribution in [0.25, 0.3) is 0 Å². The molecule has 2 N–H and O–H groups in total. The molecule has 0 aliphatic rings. The number of rotatable bonds is 8. The predicted molar refractivity (Wildman–Crippen MR) is 72.4 cm³/mol. The maximum Gasteiger partial charge on any atom is 0.251 e. The van der Waals surface area contributed by atoms with Crippen LogP contribution < -0.4 is 10.1 Å². The van der Waals surface area contributed by atoms with Crippen LogP contribution in [0.5, 0.6) is 5.75 Å². The van der Waals surface area contributed by atoms with E-state index in [-0.39, 0.29) is 18.6 Å². The van der Waals surface area contributed by atoms with Gasteiger partial charge < -0.3 is 19.9 Å². The number of ether oxygens (including phenoxy) is 2. The number of aliphatic hydroxyl groups is 1. The zero-order valence-electron chi connectivity index (χ0n) is 11.4. The zero-order valence-corrected chi connectivity index (χ0v) is 11.4. The SMILES string of the molecule is CCOc1ccc(C(=O)NC(CCO)COC)cc1. The summed E-state index contributed by atoms with van der Waals surface area (Å²) >= 11 is 0. The molecule has 0 heterocycles. The summed E-state index contributed by atoms with van der Waals surface area (Å²) in [6.45, 7) is 2.89. The predicted octanol–water partition coefficient (Wildman–Crippen LogP) is 1.21. The van der Waals surface area contributed by atoms with Crippen molar-refractivity contribution in [1.82, 2.24) is 5.32 Å². The molecule has 1 amide bonds. The van der Waals surface area contributed by atoms with Gasteiger partial charge in [-0.1, -0.05) is 0 Å². The summed E-state index contributed by atoms with van der Waals surface area (Å²) in [5, 5.41) is 11.7. The second kappa shape index (κ2) is 8.50. The fourth-order valence-electron chi connectivity index (χ4n) is 1.69. The lowest BCUT2D eigenvalue weighted by Gasteiger charge is -2.16. The standard InChI is InChI=1S/C14H21NO4/c1-3-19-13-6-4-11(5-7-13)14(17)15-12(8-9-16)10-18-2/h4-7,12,16H,3,8-10H2,1-2H3,(H,15,17). The van der Waals surface area contributed by atoms with Gasteiger partial charge in [0.1, 0.15) is 5.75 Å². The van der Waals surface area contributed by atoms with E-state index in [0.29, 0.717) is 25.2 Å². The van der Waals surface area contributed by atoms with Crippen molar-refractivity contribution >= 4 is 5.91 Å². The Labute approximate surface area is 113 Å². The highest BCUT2D eigenvalue weighted by molar-refractivity contribution is 5.94. The molecule has 0 spiro atoms. The highest BCUT2D eigenvalue weighted by atomic mass is 16.5. The lowest BCUT2D eigenvalue weighted by atomic mass is 10.1. The molecule has 1 aromatic rings. The van der Waals surface area contributed by atoms with E-state index in [4.69, 9.17) is 14.6 Å². The minimum absolute atomic E-state index is 0.0115. The molecular weight excluding hydrogens is 246 g/mol. The third kappa shape index (κ3) is 5.28. The first-order chi connectivity index (χ1) is 9.21. The second-order valence-corrected chi connectivity index (χ2v) is 4.10. The zero-order chi connectivity index (χ0) is 14.1. The van der Waals surface area contributed by atoms with Gasteiger partial charge in [0, 0.05) is 19.3 Å². The van der Waals surface area contributed by atoms with Crippen molar-refractivity contribution in [2.75, 3.05) is 26.9 Å². The summed E-state index contributed by atoms with van der Waals surface area (Å²) in [5.41, 5.74) is 0.558. The fraction of sp³-hybridized carbons (Fsp3) is 0.500. The van der Waals surface area contributed by atoms with Crippen molar-refractivity contribution in [3.05, 3.63) is 29.8 Å². The number of carbonyl (C=O) groups excluding carboxylic acids is 1. The first kappa shape index (κ1) is 15.5. The van der Waals surface area contributed by atoms with Crippen LogP contribution in [0, 0.1) is 0 Å². The molecule has 0 aliphatic heterocycles. The van der Waals surface area contributed by atoms with Gasteiger partial charge in [0.15, 0.2) is 0 Å². The molecule has 5 nitrogen and oxygen atoms in total. The number of hydrogen-bond acceptors (Lipinski definition) is 4. The molecule has 0 radical (unpaired) electrons. The Kier molecular flexibility index (Phi) is 6.92. The Hall–Kier alpha value is -1.59. The molecule has 5 heteroatoms. The number of hydrogen-bond donors (Lipinski definition) is 2.